The van der Waals surface area contributed by atoms with Gasteiger partial charge in [-0.15, -0.1) is 0 Å². The van der Waals surface area contributed by atoms with Gasteiger partial charge >= 0.3 is 5.97 Å². The number of carboxylic acid groups (broad SMARTS) is 1. The van der Waals surface area contributed by atoms with Gasteiger partial charge in [0.15, 0.2) is 0 Å². The van der Waals surface area contributed by atoms with E-state index in [1.165, 1.54) is 32.1 Å². The molecule has 0 unspecified atom stereocenters. The van der Waals surface area contributed by atoms with Crippen LogP contribution in [0.5, 0.6) is 5.75 Å². The maximum absolute atomic E-state index is 11.9. The van der Waals surface area contributed by atoms with Crippen LogP contribution in [0.1, 0.15) is 65.6 Å². The predicted molar refractivity (Wildman–Crippen MR) is 146 cm³/mol. The fraction of sp³-hybridized carbons (Fsp3) is 0.406. The van der Waals surface area contributed by atoms with Crippen molar-refractivity contribution >= 4 is 5.97 Å². The topological polar surface area (TPSA) is 65.0 Å². The molecular weight excluding hydrogens is 464 g/mol. The summed E-state index contributed by atoms with van der Waals surface area (Å²) >= 11 is 0. The molecule has 0 radical (unpaired) electrons. The molecule has 196 valence electrons. The van der Waals surface area contributed by atoms with E-state index in [0.717, 1.165) is 40.0 Å². The summed E-state index contributed by atoms with van der Waals surface area (Å²) in [7, 11) is 1.67. The summed E-state index contributed by atoms with van der Waals surface area (Å²) < 4.78 is 17.8. The van der Waals surface area contributed by atoms with Crippen LogP contribution in [0.3, 0.4) is 0 Å². The van der Waals surface area contributed by atoms with E-state index >= 15 is 0 Å². The van der Waals surface area contributed by atoms with Gasteiger partial charge in [-0.3, -0.25) is 0 Å². The Morgan fingerprint density at radius 2 is 1.65 bits per heavy atom. The molecule has 0 spiro atoms. The summed E-state index contributed by atoms with van der Waals surface area (Å²) in [5, 5.41) is 9.74. The number of ether oxygens (including phenoxy) is 3. The van der Waals surface area contributed by atoms with E-state index in [1.807, 2.05) is 67.6 Å². The van der Waals surface area contributed by atoms with Crippen LogP contribution in [0.25, 0.3) is 11.1 Å². The number of hydrogen-bond acceptors (Lipinski definition) is 4. The average Bonchev–Trinajstić information content (AvgIpc) is 2.92. The molecule has 1 N–H and O–H groups in total. The Morgan fingerprint density at radius 3 is 2.35 bits per heavy atom. The van der Waals surface area contributed by atoms with Gasteiger partial charge in [0.1, 0.15) is 5.75 Å². The first-order valence-corrected chi connectivity index (χ1v) is 13.3. The minimum atomic E-state index is -0.926. The van der Waals surface area contributed by atoms with Crippen LogP contribution in [-0.4, -0.2) is 30.9 Å². The quantitative estimate of drug-likeness (QED) is 0.279. The lowest BCUT2D eigenvalue weighted by molar-refractivity contribution is -0.0424. The van der Waals surface area contributed by atoms with Crippen molar-refractivity contribution in [1.82, 2.24) is 0 Å². The number of methoxy groups -OCH3 is 1. The Hall–Kier alpha value is -3.15. The minimum absolute atomic E-state index is 0.0133. The summed E-state index contributed by atoms with van der Waals surface area (Å²) in [6.07, 6.45) is 7.47. The molecule has 3 aromatic rings. The summed E-state index contributed by atoms with van der Waals surface area (Å²) in [6.45, 7) is 3.45. The number of aryl methyl sites for hydroxylation is 1. The zero-order valence-corrected chi connectivity index (χ0v) is 21.9. The Balaban J connectivity index is 1.41. The number of aromatic carboxylic acids is 1. The van der Waals surface area contributed by atoms with Crippen molar-refractivity contribution in [3.05, 3.63) is 89.0 Å². The molecule has 0 bridgehead atoms. The third kappa shape index (κ3) is 7.67. The highest BCUT2D eigenvalue weighted by atomic mass is 16.5. The van der Waals surface area contributed by atoms with Crippen molar-refractivity contribution in [2.75, 3.05) is 13.7 Å². The maximum atomic E-state index is 11.9. The molecule has 5 heteroatoms. The summed E-state index contributed by atoms with van der Waals surface area (Å²) in [4.78, 5) is 11.9. The van der Waals surface area contributed by atoms with Gasteiger partial charge < -0.3 is 19.3 Å². The fourth-order valence-electron chi connectivity index (χ4n) is 5.19. The monoisotopic (exact) mass is 502 g/mol. The molecule has 1 atom stereocenters. The third-order valence-corrected chi connectivity index (χ3v) is 7.29. The fourth-order valence-corrected chi connectivity index (χ4v) is 5.19. The lowest BCUT2D eigenvalue weighted by Gasteiger charge is -2.27. The van der Waals surface area contributed by atoms with Crippen molar-refractivity contribution in [3.63, 3.8) is 0 Å². The first kappa shape index (κ1) is 26.9. The van der Waals surface area contributed by atoms with Crippen molar-refractivity contribution in [3.8, 4) is 16.9 Å². The molecule has 1 fully saturated rings. The molecule has 1 saturated carbocycles. The molecule has 0 heterocycles. The van der Waals surface area contributed by atoms with Gasteiger partial charge in [-0.25, -0.2) is 4.79 Å². The van der Waals surface area contributed by atoms with E-state index in [9.17, 15) is 9.90 Å². The van der Waals surface area contributed by atoms with E-state index in [4.69, 9.17) is 14.2 Å². The van der Waals surface area contributed by atoms with E-state index in [0.29, 0.717) is 31.3 Å². The smallest absolute Gasteiger partial charge is 0.336 e. The van der Waals surface area contributed by atoms with Crippen molar-refractivity contribution in [2.45, 2.75) is 64.8 Å². The zero-order valence-electron chi connectivity index (χ0n) is 21.9. The van der Waals surface area contributed by atoms with Gasteiger partial charge in [-0.1, -0.05) is 74.6 Å². The van der Waals surface area contributed by atoms with Crippen LogP contribution in [0.15, 0.2) is 66.7 Å². The van der Waals surface area contributed by atoms with Crippen LogP contribution < -0.4 is 4.74 Å². The molecule has 1 aliphatic carbocycles. The van der Waals surface area contributed by atoms with Crippen LogP contribution in [-0.2, 0) is 22.7 Å². The Kier molecular flexibility index (Phi) is 9.75. The summed E-state index contributed by atoms with van der Waals surface area (Å²) in [5.74, 6) is 0.593. The standard InChI is InChI=1S/C32H38O5/c1-23-8-6-7-11-29(23)31-19-26(14-17-30(31)32(33)34)20-36-22-28(18-24-9-4-3-5-10-24)37-21-25-12-15-27(35-2)16-13-25/h6-8,11-17,19,24,28H,3-5,9-10,18,20-22H2,1-2H3,(H,33,34)/t28-/m1/s1. The minimum Gasteiger partial charge on any atom is -0.497 e. The Bertz CT molecular complexity index is 1150. The molecule has 1 aliphatic rings. The van der Waals surface area contributed by atoms with Crippen LogP contribution in [0.4, 0.5) is 0 Å². The van der Waals surface area contributed by atoms with Gasteiger partial charge in [-0.2, -0.15) is 0 Å². The molecule has 4 rings (SSSR count). The molecule has 0 amide bonds. The second kappa shape index (κ2) is 13.4. The molecule has 37 heavy (non-hydrogen) atoms. The number of rotatable bonds is 12. The van der Waals surface area contributed by atoms with Crippen molar-refractivity contribution in [1.29, 1.82) is 0 Å². The molecule has 3 aromatic carbocycles. The van der Waals surface area contributed by atoms with Crippen molar-refractivity contribution in [2.24, 2.45) is 5.92 Å². The summed E-state index contributed by atoms with van der Waals surface area (Å²) in [5.41, 5.74) is 5.07. The molecule has 0 aromatic heterocycles. The molecular formula is C32H38O5. The second-order valence-corrected chi connectivity index (χ2v) is 10.0. The van der Waals surface area contributed by atoms with E-state index < -0.39 is 5.97 Å². The number of benzene rings is 3. The highest BCUT2D eigenvalue weighted by molar-refractivity contribution is 5.96. The normalized spacial score (nSPS) is 14.9. The largest absolute Gasteiger partial charge is 0.497 e. The van der Waals surface area contributed by atoms with Crippen LogP contribution >= 0.6 is 0 Å². The van der Waals surface area contributed by atoms with Crippen LogP contribution in [0, 0.1) is 12.8 Å². The first-order valence-electron chi connectivity index (χ1n) is 13.3. The van der Waals surface area contributed by atoms with E-state index in [1.54, 1.807) is 13.2 Å². The van der Waals surface area contributed by atoms with Crippen LogP contribution in [0.2, 0.25) is 0 Å². The third-order valence-electron chi connectivity index (χ3n) is 7.29. The number of hydrogen-bond donors (Lipinski definition) is 1. The number of carboxylic acids is 1. The predicted octanol–water partition coefficient (Wildman–Crippen LogP) is 7.44. The second-order valence-electron chi connectivity index (χ2n) is 10.0. The zero-order chi connectivity index (χ0) is 26.0. The first-order chi connectivity index (χ1) is 18.0. The molecule has 0 aliphatic heterocycles. The summed E-state index contributed by atoms with van der Waals surface area (Å²) in [6, 6.07) is 21.3. The highest BCUT2D eigenvalue weighted by Crippen LogP contribution is 2.30. The van der Waals surface area contributed by atoms with E-state index in [-0.39, 0.29) is 6.10 Å². The average molecular weight is 503 g/mol. The SMILES string of the molecule is COc1ccc(CO[C@@H](COCc2ccc(C(=O)O)c(-c3ccccc3C)c2)CC2CCCCC2)cc1. The highest BCUT2D eigenvalue weighted by Gasteiger charge is 2.20. The molecule has 5 nitrogen and oxygen atoms in total. The molecule has 0 saturated heterocycles. The lowest BCUT2D eigenvalue weighted by atomic mass is 9.85. The lowest BCUT2D eigenvalue weighted by Crippen LogP contribution is -2.24. The van der Waals surface area contributed by atoms with Gasteiger partial charge in [0.2, 0.25) is 0 Å². The number of carbonyl (C=O) groups is 1. The maximum Gasteiger partial charge on any atom is 0.336 e. The van der Waals surface area contributed by atoms with E-state index in [2.05, 4.69) is 0 Å². The Morgan fingerprint density at radius 1 is 0.919 bits per heavy atom. The van der Waals surface area contributed by atoms with Gasteiger partial charge in [0.05, 0.1) is 38.6 Å². The Labute approximate surface area is 220 Å². The van der Waals surface area contributed by atoms with Gasteiger partial charge in [0.25, 0.3) is 0 Å². The van der Waals surface area contributed by atoms with Crippen molar-refractivity contribution < 1.29 is 24.1 Å². The van der Waals surface area contributed by atoms with Gasteiger partial charge in [-0.05, 0) is 71.3 Å². The van der Waals surface area contributed by atoms with Gasteiger partial charge in [0, 0.05) is 0 Å².